The Hall–Kier alpha value is -2.35. The fourth-order valence-electron chi connectivity index (χ4n) is 2.41. The smallest absolute Gasteiger partial charge is 0.238 e. The number of carbonyl (C=O) groups is 2. The monoisotopic (exact) mass is 356 g/mol. The van der Waals surface area contributed by atoms with E-state index in [0.717, 1.165) is 21.2 Å². The lowest BCUT2D eigenvalue weighted by Crippen LogP contribution is -2.36. The highest BCUT2D eigenvalue weighted by atomic mass is 32.2. The molecule has 1 heterocycles. The van der Waals surface area contributed by atoms with Crippen molar-refractivity contribution in [1.29, 1.82) is 0 Å². The van der Waals surface area contributed by atoms with Gasteiger partial charge in [-0.15, -0.1) is 0 Å². The number of hydrogen-bond acceptors (Lipinski definition) is 5. The number of anilines is 2. The molecule has 1 aliphatic heterocycles. The SMILES string of the molecule is O=C1CNCCNCC(=O)Nc2ccccc2Sc2ccccc2N1. The van der Waals surface area contributed by atoms with Crippen LogP contribution in [0.1, 0.15) is 0 Å². The Labute approximate surface area is 150 Å². The summed E-state index contributed by atoms with van der Waals surface area (Å²) in [6, 6.07) is 15.3. The van der Waals surface area contributed by atoms with Gasteiger partial charge in [-0.05, 0) is 24.3 Å². The molecule has 2 amide bonds. The molecule has 130 valence electrons. The Morgan fingerprint density at radius 3 is 1.60 bits per heavy atom. The van der Waals surface area contributed by atoms with Crippen LogP contribution in [0.2, 0.25) is 0 Å². The van der Waals surface area contributed by atoms with Crippen molar-refractivity contribution in [3.05, 3.63) is 48.5 Å². The van der Waals surface area contributed by atoms with Crippen molar-refractivity contribution < 1.29 is 9.59 Å². The summed E-state index contributed by atoms with van der Waals surface area (Å²) in [4.78, 5) is 26.1. The maximum absolute atomic E-state index is 12.1. The third-order valence-corrected chi connectivity index (χ3v) is 4.74. The number of carbonyl (C=O) groups excluding carboxylic acids is 2. The number of amides is 2. The first-order chi connectivity index (χ1) is 12.2. The molecule has 1 aliphatic rings. The van der Waals surface area contributed by atoms with Gasteiger partial charge in [0, 0.05) is 22.9 Å². The molecule has 0 spiro atoms. The molecule has 0 aromatic heterocycles. The first-order valence-electron chi connectivity index (χ1n) is 8.09. The lowest BCUT2D eigenvalue weighted by atomic mass is 10.3. The molecule has 0 aliphatic carbocycles. The minimum Gasteiger partial charge on any atom is -0.324 e. The quantitative estimate of drug-likeness (QED) is 0.580. The topological polar surface area (TPSA) is 82.3 Å². The second kappa shape index (κ2) is 8.66. The highest BCUT2D eigenvalue weighted by molar-refractivity contribution is 7.99. The van der Waals surface area contributed by atoms with Gasteiger partial charge in [0.15, 0.2) is 0 Å². The zero-order chi connectivity index (χ0) is 17.5. The predicted molar refractivity (Wildman–Crippen MR) is 100 cm³/mol. The number of para-hydroxylation sites is 2. The highest BCUT2D eigenvalue weighted by Gasteiger charge is 2.12. The summed E-state index contributed by atoms with van der Waals surface area (Å²) in [6.45, 7) is 1.66. The maximum atomic E-state index is 12.1. The van der Waals surface area contributed by atoms with Crippen molar-refractivity contribution in [1.82, 2.24) is 10.6 Å². The molecule has 0 unspecified atom stereocenters. The van der Waals surface area contributed by atoms with Crippen LogP contribution in [-0.4, -0.2) is 38.0 Å². The summed E-state index contributed by atoms with van der Waals surface area (Å²) >= 11 is 1.51. The van der Waals surface area contributed by atoms with E-state index in [9.17, 15) is 9.59 Å². The predicted octanol–water partition coefficient (Wildman–Crippen LogP) is 1.91. The van der Waals surface area contributed by atoms with Crippen LogP contribution in [0.5, 0.6) is 0 Å². The van der Waals surface area contributed by atoms with Crippen LogP contribution in [0.3, 0.4) is 0 Å². The molecule has 6 nitrogen and oxygen atoms in total. The van der Waals surface area contributed by atoms with E-state index in [-0.39, 0.29) is 24.9 Å². The molecule has 0 atom stereocenters. The Morgan fingerprint density at radius 2 is 1.12 bits per heavy atom. The van der Waals surface area contributed by atoms with E-state index in [2.05, 4.69) is 21.3 Å². The number of fused-ring (bicyclic) bond motifs is 2. The van der Waals surface area contributed by atoms with Gasteiger partial charge < -0.3 is 21.3 Å². The summed E-state index contributed by atoms with van der Waals surface area (Å²) in [5.41, 5.74) is 1.52. The molecule has 0 saturated heterocycles. The third-order valence-electron chi connectivity index (χ3n) is 3.59. The Bertz CT molecular complexity index is 703. The summed E-state index contributed by atoms with van der Waals surface area (Å²) in [5, 5.41) is 12.0. The molecule has 0 saturated carbocycles. The molecular formula is C18H20N4O2S. The molecule has 2 aromatic rings. The van der Waals surface area contributed by atoms with Gasteiger partial charge >= 0.3 is 0 Å². The fourth-order valence-corrected chi connectivity index (χ4v) is 3.39. The second-order valence-electron chi connectivity index (χ2n) is 5.54. The van der Waals surface area contributed by atoms with E-state index in [1.54, 1.807) is 0 Å². The van der Waals surface area contributed by atoms with E-state index in [1.807, 2.05) is 48.5 Å². The number of nitrogens with one attached hydrogen (secondary N) is 4. The van der Waals surface area contributed by atoms with E-state index in [0.29, 0.717) is 13.1 Å². The summed E-state index contributed by atoms with van der Waals surface area (Å²) < 4.78 is 0. The zero-order valence-corrected chi connectivity index (χ0v) is 14.5. The largest absolute Gasteiger partial charge is 0.324 e. The van der Waals surface area contributed by atoms with Crippen molar-refractivity contribution in [3.63, 3.8) is 0 Å². The first-order valence-corrected chi connectivity index (χ1v) is 8.91. The number of rotatable bonds is 0. The second-order valence-corrected chi connectivity index (χ2v) is 6.63. The lowest BCUT2D eigenvalue weighted by molar-refractivity contribution is -0.116. The Morgan fingerprint density at radius 1 is 0.680 bits per heavy atom. The van der Waals surface area contributed by atoms with E-state index >= 15 is 0 Å². The van der Waals surface area contributed by atoms with Crippen molar-refractivity contribution in [2.24, 2.45) is 0 Å². The van der Waals surface area contributed by atoms with Gasteiger partial charge in [0.05, 0.1) is 24.5 Å². The minimum absolute atomic E-state index is 0.0922. The molecule has 0 radical (unpaired) electrons. The van der Waals surface area contributed by atoms with Gasteiger partial charge in [-0.3, -0.25) is 9.59 Å². The normalized spacial score (nSPS) is 16.5. The van der Waals surface area contributed by atoms with Crippen molar-refractivity contribution >= 4 is 35.0 Å². The lowest BCUT2D eigenvalue weighted by Gasteiger charge is -2.13. The Balaban J connectivity index is 1.90. The summed E-state index contributed by atoms with van der Waals surface area (Å²) in [5.74, 6) is -0.184. The van der Waals surface area contributed by atoms with Gasteiger partial charge in [-0.1, -0.05) is 36.0 Å². The van der Waals surface area contributed by atoms with Gasteiger partial charge in [0.2, 0.25) is 11.8 Å². The molecule has 0 fully saturated rings. The van der Waals surface area contributed by atoms with Crippen LogP contribution in [0, 0.1) is 0 Å². The number of hydrogen-bond donors (Lipinski definition) is 4. The average molecular weight is 356 g/mol. The highest BCUT2D eigenvalue weighted by Crippen LogP contribution is 2.37. The zero-order valence-electron chi connectivity index (χ0n) is 13.7. The summed E-state index contributed by atoms with van der Waals surface area (Å²) in [6.07, 6.45) is 0. The summed E-state index contributed by atoms with van der Waals surface area (Å²) in [7, 11) is 0. The molecule has 2 aromatic carbocycles. The van der Waals surface area contributed by atoms with Crippen LogP contribution in [0.25, 0.3) is 0 Å². The molecule has 4 N–H and O–H groups in total. The van der Waals surface area contributed by atoms with Gasteiger partial charge in [-0.25, -0.2) is 0 Å². The van der Waals surface area contributed by atoms with Crippen LogP contribution < -0.4 is 21.3 Å². The van der Waals surface area contributed by atoms with Crippen molar-refractivity contribution in [3.8, 4) is 0 Å². The van der Waals surface area contributed by atoms with Crippen LogP contribution >= 0.6 is 11.8 Å². The van der Waals surface area contributed by atoms with Gasteiger partial charge in [0.1, 0.15) is 0 Å². The third kappa shape index (κ3) is 5.06. The van der Waals surface area contributed by atoms with E-state index < -0.39 is 0 Å². The van der Waals surface area contributed by atoms with E-state index in [4.69, 9.17) is 0 Å². The number of benzene rings is 2. The Kier molecular flexibility index (Phi) is 6.05. The van der Waals surface area contributed by atoms with Crippen LogP contribution in [0.15, 0.2) is 58.3 Å². The molecule has 3 rings (SSSR count). The first kappa shape index (κ1) is 17.5. The molecule has 0 bridgehead atoms. The van der Waals surface area contributed by atoms with Gasteiger partial charge in [0.25, 0.3) is 0 Å². The maximum Gasteiger partial charge on any atom is 0.238 e. The van der Waals surface area contributed by atoms with Gasteiger partial charge in [-0.2, -0.15) is 0 Å². The van der Waals surface area contributed by atoms with Crippen LogP contribution in [0.4, 0.5) is 11.4 Å². The van der Waals surface area contributed by atoms with E-state index in [1.165, 1.54) is 11.8 Å². The minimum atomic E-state index is -0.0922. The molecule has 7 heteroatoms. The standard InChI is InChI=1S/C18H20N4O2S/c23-17-11-19-9-10-20-12-18(24)22-14-6-2-4-8-16(14)25-15-7-3-1-5-13(15)21-17/h1-8,19-20H,9-12H2,(H,21,23)(H,22,24). The van der Waals surface area contributed by atoms with Crippen LogP contribution in [-0.2, 0) is 9.59 Å². The average Bonchev–Trinajstić information content (AvgIpc) is 2.61. The molecular weight excluding hydrogens is 336 g/mol. The molecule has 25 heavy (non-hydrogen) atoms. The van der Waals surface area contributed by atoms with Crippen molar-refractivity contribution in [2.75, 3.05) is 36.8 Å². The van der Waals surface area contributed by atoms with Crippen molar-refractivity contribution in [2.45, 2.75) is 9.79 Å². The fraction of sp³-hybridized carbons (Fsp3) is 0.222.